The van der Waals surface area contributed by atoms with Crippen molar-refractivity contribution in [1.82, 2.24) is 14.7 Å². The smallest absolute Gasteiger partial charge is 0.251 e. The fourth-order valence-corrected chi connectivity index (χ4v) is 7.25. The van der Waals surface area contributed by atoms with Crippen LogP contribution in [0.3, 0.4) is 0 Å². The lowest BCUT2D eigenvalue weighted by molar-refractivity contribution is -0.142. The molecule has 1 saturated carbocycles. The summed E-state index contributed by atoms with van der Waals surface area (Å²) < 4.78 is 0. The maximum atomic E-state index is 13.5. The third kappa shape index (κ3) is 7.36. The van der Waals surface area contributed by atoms with Gasteiger partial charge in [-0.1, -0.05) is 45.2 Å². The van der Waals surface area contributed by atoms with E-state index < -0.39 is 6.10 Å². The number of piperidine rings is 1. The van der Waals surface area contributed by atoms with E-state index in [0.29, 0.717) is 42.4 Å². The van der Waals surface area contributed by atoms with Crippen LogP contribution < -0.4 is 5.73 Å². The summed E-state index contributed by atoms with van der Waals surface area (Å²) in [6.45, 7) is 9.25. The fourth-order valence-electron chi connectivity index (χ4n) is 7.25. The predicted molar refractivity (Wildman–Crippen MR) is 152 cm³/mol. The second-order valence-corrected chi connectivity index (χ2v) is 11.9. The van der Waals surface area contributed by atoms with Crippen molar-refractivity contribution in [2.75, 3.05) is 39.3 Å². The highest BCUT2D eigenvalue weighted by Gasteiger charge is 2.41. The molecular weight excluding hydrogens is 476 g/mol. The van der Waals surface area contributed by atoms with Gasteiger partial charge in [-0.2, -0.15) is 0 Å². The zero-order valence-corrected chi connectivity index (χ0v) is 23.7. The van der Waals surface area contributed by atoms with Crippen molar-refractivity contribution < 1.29 is 14.7 Å². The van der Waals surface area contributed by atoms with Gasteiger partial charge in [-0.25, -0.2) is 0 Å². The fraction of sp³-hybridized carbons (Fsp3) is 0.742. The predicted octanol–water partition coefficient (Wildman–Crippen LogP) is 4.00. The minimum Gasteiger partial charge on any atom is -0.383 e. The summed E-state index contributed by atoms with van der Waals surface area (Å²) in [6, 6.07) is 8.88. The molecule has 2 heterocycles. The Morgan fingerprint density at radius 1 is 1.03 bits per heavy atom. The number of aliphatic hydroxyl groups excluding tert-OH is 1. The first-order valence-electron chi connectivity index (χ1n) is 15.2. The minimum atomic E-state index is -0.917. The van der Waals surface area contributed by atoms with Crippen LogP contribution in [0.2, 0.25) is 0 Å². The van der Waals surface area contributed by atoms with Gasteiger partial charge in [0.1, 0.15) is 6.10 Å². The third-order valence-corrected chi connectivity index (χ3v) is 9.57. The Balaban J connectivity index is 1.37. The lowest BCUT2D eigenvalue weighted by Crippen LogP contribution is -2.50. The van der Waals surface area contributed by atoms with Gasteiger partial charge in [0.25, 0.3) is 5.91 Å². The quantitative estimate of drug-likeness (QED) is 0.406. The van der Waals surface area contributed by atoms with Gasteiger partial charge in [0, 0.05) is 43.8 Å². The largest absolute Gasteiger partial charge is 0.383 e. The summed E-state index contributed by atoms with van der Waals surface area (Å²) in [4.78, 5) is 32.1. The molecule has 1 aliphatic carbocycles. The summed E-state index contributed by atoms with van der Waals surface area (Å²) in [7, 11) is 0. The van der Waals surface area contributed by atoms with E-state index in [0.717, 1.165) is 45.6 Å². The summed E-state index contributed by atoms with van der Waals surface area (Å²) >= 11 is 0. The molecule has 38 heavy (non-hydrogen) atoms. The zero-order valence-electron chi connectivity index (χ0n) is 23.7. The van der Waals surface area contributed by atoms with Gasteiger partial charge in [0.15, 0.2) is 0 Å². The Kier molecular flexibility index (Phi) is 10.6. The molecule has 3 aliphatic rings. The van der Waals surface area contributed by atoms with Crippen LogP contribution in [0.5, 0.6) is 0 Å². The van der Waals surface area contributed by atoms with E-state index in [2.05, 4.69) is 29.7 Å². The molecule has 1 aromatic carbocycles. The van der Waals surface area contributed by atoms with Crippen molar-refractivity contribution in [2.24, 2.45) is 11.7 Å². The minimum absolute atomic E-state index is 0.0757. The number of rotatable bonds is 13. The number of carbonyl (C=O) groups excluding carboxylic acids is 2. The summed E-state index contributed by atoms with van der Waals surface area (Å²) in [6.07, 6.45) is 10.3. The summed E-state index contributed by atoms with van der Waals surface area (Å²) in [5.74, 6) is 0.565. The van der Waals surface area contributed by atoms with E-state index >= 15 is 0 Å². The maximum Gasteiger partial charge on any atom is 0.251 e. The Bertz CT molecular complexity index is 900. The van der Waals surface area contributed by atoms with Crippen LogP contribution in [0, 0.1) is 5.92 Å². The Morgan fingerprint density at radius 3 is 2.34 bits per heavy atom. The average Bonchev–Trinajstić information content (AvgIpc) is 3.17. The van der Waals surface area contributed by atoms with E-state index in [9.17, 15) is 14.7 Å². The molecule has 0 aromatic heterocycles. The van der Waals surface area contributed by atoms with Gasteiger partial charge in [0.05, 0.1) is 0 Å². The highest BCUT2D eigenvalue weighted by atomic mass is 16.3. The van der Waals surface area contributed by atoms with Crippen LogP contribution >= 0.6 is 0 Å². The molecule has 7 heteroatoms. The molecule has 212 valence electrons. The molecule has 2 saturated heterocycles. The molecule has 1 aromatic rings. The number of nitrogens with two attached hydrogens (primary N) is 1. The summed E-state index contributed by atoms with van der Waals surface area (Å²) in [5.41, 5.74) is 7.35. The van der Waals surface area contributed by atoms with Crippen molar-refractivity contribution in [1.29, 1.82) is 0 Å². The first-order chi connectivity index (χ1) is 18.4. The van der Waals surface area contributed by atoms with Gasteiger partial charge in [-0.3, -0.25) is 14.5 Å². The Morgan fingerprint density at radius 2 is 1.71 bits per heavy atom. The van der Waals surface area contributed by atoms with E-state index in [4.69, 9.17) is 5.73 Å². The van der Waals surface area contributed by atoms with Gasteiger partial charge in [0.2, 0.25) is 5.91 Å². The lowest BCUT2D eigenvalue weighted by atomic mass is 9.84. The van der Waals surface area contributed by atoms with Crippen LogP contribution in [0.1, 0.15) is 99.9 Å². The van der Waals surface area contributed by atoms with E-state index in [1.165, 1.54) is 50.5 Å². The molecule has 2 unspecified atom stereocenters. The van der Waals surface area contributed by atoms with Crippen molar-refractivity contribution in [3.05, 3.63) is 35.4 Å². The number of fused-ring (bicyclic) bond motifs is 2. The number of carbonyl (C=O) groups is 2. The molecular formula is C31H50N4O3. The molecule has 7 nitrogen and oxygen atoms in total. The molecule has 3 atom stereocenters. The Hall–Kier alpha value is -1.96. The number of hydrogen-bond acceptors (Lipinski definition) is 5. The number of hydrogen-bond donors (Lipinski definition) is 2. The molecule has 0 radical (unpaired) electrons. The van der Waals surface area contributed by atoms with E-state index in [1.807, 2.05) is 17.0 Å². The van der Waals surface area contributed by atoms with Crippen LogP contribution in [0.25, 0.3) is 0 Å². The van der Waals surface area contributed by atoms with Gasteiger partial charge < -0.3 is 20.6 Å². The number of amides is 2. The second kappa shape index (κ2) is 13.9. The summed E-state index contributed by atoms with van der Waals surface area (Å²) in [5, 5.41) is 10.9. The normalized spacial score (nSPS) is 25.0. The Labute approximate surface area is 229 Å². The van der Waals surface area contributed by atoms with Gasteiger partial charge in [-0.15, -0.1) is 0 Å². The first kappa shape index (κ1) is 29.0. The highest BCUT2D eigenvalue weighted by molar-refractivity contribution is 5.92. The lowest BCUT2D eigenvalue weighted by Gasteiger charge is -2.41. The molecule has 2 aliphatic heterocycles. The monoisotopic (exact) mass is 526 g/mol. The van der Waals surface area contributed by atoms with Crippen LogP contribution in [-0.2, 0) is 4.79 Å². The topological polar surface area (TPSA) is 90.1 Å². The molecule has 2 bridgehead atoms. The van der Waals surface area contributed by atoms with Crippen LogP contribution in [-0.4, -0.2) is 89.1 Å². The SMILES string of the molecule is CCN(CC)CC[C@H](O)C(=O)N(CCN1C2CCC1CC(c1cccc(C(N)=O)c1)C2)CC1CCCCC1. The number of nitrogens with zero attached hydrogens (tertiary/aromatic N) is 3. The molecule has 3 N–H and O–H groups in total. The van der Waals surface area contributed by atoms with Gasteiger partial charge >= 0.3 is 0 Å². The third-order valence-electron chi connectivity index (χ3n) is 9.57. The van der Waals surface area contributed by atoms with Crippen molar-refractivity contribution in [3.8, 4) is 0 Å². The van der Waals surface area contributed by atoms with Crippen molar-refractivity contribution >= 4 is 11.8 Å². The average molecular weight is 527 g/mol. The zero-order chi connectivity index (χ0) is 27.1. The molecule has 4 rings (SSSR count). The maximum absolute atomic E-state index is 13.5. The van der Waals surface area contributed by atoms with Crippen LogP contribution in [0.15, 0.2) is 24.3 Å². The standard InChI is InChI=1S/C31H50N4O3/c1-3-33(4-2)16-15-29(36)31(38)34(22-23-9-6-5-7-10-23)17-18-35-27-13-14-28(35)21-26(20-27)24-11-8-12-25(19-24)30(32)37/h8,11-12,19,23,26-29,36H,3-7,9-10,13-18,20-22H2,1-2H3,(H2,32,37)/t26?,27?,28?,29-/m0/s1. The van der Waals surface area contributed by atoms with Crippen LogP contribution in [0.4, 0.5) is 0 Å². The molecule has 2 amide bonds. The first-order valence-corrected chi connectivity index (χ1v) is 15.2. The number of benzene rings is 1. The highest BCUT2D eigenvalue weighted by Crippen LogP contribution is 2.43. The number of aliphatic hydroxyl groups is 1. The van der Waals surface area contributed by atoms with E-state index in [-0.39, 0.29) is 11.8 Å². The molecule has 3 fully saturated rings. The van der Waals surface area contributed by atoms with E-state index in [1.54, 1.807) is 6.07 Å². The second-order valence-electron chi connectivity index (χ2n) is 11.9. The number of primary amides is 1. The van der Waals surface area contributed by atoms with Crippen molar-refractivity contribution in [3.63, 3.8) is 0 Å². The van der Waals surface area contributed by atoms with Crippen molar-refractivity contribution in [2.45, 2.75) is 102 Å². The molecule has 0 spiro atoms. The van der Waals surface area contributed by atoms with Gasteiger partial charge in [-0.05, 0) is 87.6 Å².